The second-order valence-electron chi connectivity index (χ2n) is 4.35. The lowest BCUT2D eigenvalue weighted by Crippen LogP contribution is -2.38. The zero-order valence-electron chi connectivity index (χ0n) is 12.3. The van der Waals surface area contributed by atoms with Crippen LogP contribution >= 0.6 is 0 Å². The standard InChI is InChI=1S/C15H22O4Si/c1-5-9-13(19-15(16)6-2)12-10-7-8-11-14(12)20(17-3)18-4/h6-8,10-11,13,20H,2,5,9H2,1,3-4H3. The SMILES string of the molecule is C=CC(=O)OC(CCC)c1ccccc1[SiH](OC)OC. The van der Waals surface area contributed by atoms with E-state index in [-0.39, 0.29) is 6.10 Å². The maximum atomic E-state index is 11.5. The molecule has 0 amide bonds. The van der Waals surface area contributed by atoms with Crippen LogP contribution in [0.2, 0.25) is 0 Å². The summed E-state index contributed by atoms with van der Waals surface area (Å²) in [6, 6.07) is 7.81. The van der Waals surface area contributed by atoms with Gasteiger partial charge in [-0.15, -0.1) is 0 Å². The zero-order valence-corrected chi connectivity index (χ0v) is 13.5. The molecule has 0 aliphatic carbocycles. The maximum Gasteiger partial charge on any atom is 0.355 e. The Kier molecular flexibility index (Phi) is 7.21. The molecule has 0 aromatic heterocycles. The number of carbonyl (C=O) groups is 1. The van der Waals surface area contributed by atoms with Crippen molar-refractivity contribution in [1.29, 1.82) is 0 Å². The molecule has 0 heterocycles. The molecule has 1 aromatic carbocycles. The van der Waals surface area contributed by atoms with E-state index in [0.29, 0.717) is 0 Å². The number of ether oxygens (including phenoxy) is 1. The highest BCUT2D eigenvalue weighted by Crippen LogP contribution is 2.22. The van der Waals surface area contributed by atoms with Crippen LogP contribution in [-0.2, 0) is 18.4 Å². The van der Waals surface area contributed by atoms with E-state index in [0.717, 1.165) is 23.6 Å². The average Bonchev–Trinajstić information content (AvgIpc) is 2.48. The van der Waals surface area contributed by atoms with Crippen molar-refractivity contribution in [1.82, 2.24) is 0 Å². The molecule has 1 aromatic rings. The van der Waals surface area contributed by atoms with Crippen molar-refractivity contribution in [3.63, 3.8) is 0 Å². The lowest BCUT2D eigenvalue weighted by molar-refractivity contribution is -0.143. The van der Waals surface area contributed by atoms with Crippen molar-refractivity contribution in [2.45, 2.75) is 25.9 Å². The zero-order chi connectivity index (χ0) is 15.0. The molecule has 1 rings (SSSR count). The third-order valence-corrected chi connectivity index (χ3v) is 4.89. The van der Waals surface area contributed by atoms with E-state index >= 15 is 0 Å². The third kappa shape index (κ3) is 4.30. The van der Waals surface area contributed by atoms with Gasteiger partial charge in [-0.1, -0.05) is 44.2 Å². The fourth-order valence-corrected chi connectivity index (χ4v) is 3.62. The predicted octanol–water partition coefficient (Wildman–Crippen LogP) is 1.98. The second-order valence-corrected chi connectivity index (χ2v) is 6.58. The molecule has 110 valence electrons. The number of hydrogen-bond donors (Lipinski definition) is 0. The topological polar surface area (TPSA) is 44.8 Å². The van der Waals surface area contributed by atoms with Gasteiger partial charge in [0.2, 0.25) is 0 Å². The Morgan fingerprint density at radius 2 is 2.00 bits per heavy atom. The first-order valence-corrected chi connectivity index (χ1v) is 8.17. The molecule has 1 unspecified atom stereocenters. The summed E-state index contributed by atoms with van der Waals surface area (Å²) in [5.74, 6) is -0.411. The third-order valence-electron chi connectivity index (χ3n) is 3.00. The summed E-state index contributed by atoms with van der Waals surface area (Å²) in [7, 11) is 1.34. The van der Waals surface area contributed by atoms with Gasteiger partial charge >= 0.3 is 15.3 Å². The van der Waals surface area contributed by atoms with Crippen LogP contribution in [0, 0.1) is 0 Å². The molecule has 1 atom stereocenters. The van der Waals surface area contributed by atoms with Gasteiger partial charge < -0.3 is 13.6 Å². The molecule has 0 radical (unpaired) electrons. The molecule has 20 heavy (non-hydrogen) atoms. The van der Waals surface area contributed by atoms with E-state index in [1.165, 1.54) is 6.08 Å². The lowest BCUT2D eigenvalue weighted by atomic mass is 10.1. The fraction of sp³-hybridized carbons (Fsp3) is 0.400. The minimum absolute atomic E-state index is 0.290. The van der Waals surface area contributed by atoms with Gasteiger partial charge in [0.05, 0.1) is 0 Å². The van der Waals surface area contributed by atoms with Gasteiger partial charge in [0, 0.05) is 20.3 Å². The van der Waals surface area contributed by atoms with E-state index in [1.807, 2.05) is 24.3 Å². The highest BCUT2D eigenvalue weighted by Gasteiger charge is 2.24. The summed E-state index contributed by atoms with van der Waals surface area (Å²) in [6.45, 7) is 5.50. The fourth-order valence-electron chi connectivity index (χ4n) is 2.10. The van der Waals surface area contributed by atoms with Gasteiger partial charge in [-0.05, 0) is 17.2 Å². The highest BCUT2D eigenvalue weighted by molar-refractivity contribution is 6.61. The van der Waals surface area contributed by atoms with Crippen LogP contribution in [0.15, 0.2) is 36.9 Å². The van der Waals surface area contributed by atoms with Crippen LogP contribution in [-0.4, -0.2) is 29.5 Å². The minimum atomic E-state index is -1.94. The maximum absolute atomic E-state index is 11.5. The van der Waals surface area contributed by atoms with E-state index < -0.39 is 15.3 Å². The Labute approximate surface area is 122 Å². The van der Waals surface area contributed by atoms with Crippen molar-refractivity contribution >= 4 is 20.4 Å². The van der Waals surface area contributed by atoms with E-state index in [9.17, 15) is 4.79 Å². The Morgan fingerprint density at radius 3 is 2.55 bits per heavy atom. The van der Waals surface area contributed by atoms with Gasteiger partial charge in [-0.25, -0.2) is 4.79 Å². The number of esters is 1. The molecule has 0 fully saturated rings. The second kappa shape index (κ2) is 8.68. The van der Waals surface area contributed by atoms with E-state index in [2.05, 4.69) is 13.5 Å². The van der Waals surface area contributed by atoms with Crippen LogP contribution in [0.3, 0.4) is 0 Å². The van der Waals surface area contributed by atoms with Crippen LogP contribution in [0.1, 0.15) is 31.4 Å². The summed E-state index contributed by atoms with van der Waals surface area (Å²) in [4.78, 5) is 11.5. The van der Waals surface area contributed by atoms with E-state index in [4.69, 9.17) is 13.6 Å². The summed E-state index contributed by atoms with van der Waals surface area (Å²) in [5, 5.41) is 1.01. The van der Waals surface area contributed by atoms with Crippen LogP contribution in [0.4, 0.5) is 0 Å². The van der Waals surface area contributed by atoms with Gasteiger partial charge in [0.15, 0.2) is 0 Å². The summed E-state index contributed by atoms with van der Waals surface area (Å²) in [6.07, 6.45) is 2.56. The number of rotatable bonds is 8. The Morgan fingerprint density at radius 1 is 1.35 bits per heavy atom. The van der Waals surface area contributed by atoms with Crippen molar-refractivity contribution in [3.8, 4) is 0 Å². The molecular weight excluding hydrogens is 272 g/mol. The van der Waals surface area contributed by atoms with Gasteiger partial charge in [-0.3, -0.25) is 0 Å². The molecule has 0 bridgehead atoms. The summed E-state index contributed by atoms with van der Waals surface area (Å²) in [5.41, 5.74) is 0.963. The van der Waals surface area contributed by atoms with Gasteiger partial charge in [0.1, 0.15) is 6.10 Å². The molecule has 0 N–H and O–H groups in total. The van der Waals surface area contributed by atoms with Crippen molar-refractivity contribution in [2.75, 3.05) is 14.2 Å². The van der Waals surface area contributed by atoms with Gasteiger partial charge in [-0.2, -0.15) is 0 Å². The lowest BCUT2D eigenvalue weighted by Gasteiger charge is -2.22. The molecule has 4 nitrogen and oxygen atoms in total. The monoisotopic (exact) mass is 294 g/mol. The smallest absolute Gasteiger partial charge is 0.355 e. The first-order chi connectivity index (χ1) is 9.67. The Hall–Kier alpha value is -1.43. The Balaban J connectivity index is 3.11. The molecule has 0 spiro atoms. The molecule has 0 saturated heterocycles. The number of carbonyl (C=O) groups excluding carboxylic acids is 1. The molecule has 0 aliphatic heterocycles. The number of benzene rings is 1. The minimum Gasteiger partial charge on any atom is -0.454 e. The van der Waals surface area contributed by atoms with Crippen LogP contribution in [0.5, 0.6) is 0 Å². The Bertz CT molecular complexity index is 443. The summed E-state index contributed by atoms with van der Waals surface area (Å²) < 4.78 is 16.3. The first-order valence-electron chi connectivity index (χ1n) is 6.65. The molecular formula is C15H22O4Si. The largest absolute Gasteiger partial charge is 0.454 e. The van der Waals surface area contributed by atoms with Crippen LogP contribution < -0.4 is 5.19 Å². The van der Waals surface area contributed by atoms with Crippen molar-refractivity contribution in [2.24, 2.45) is 0 Å². The number of hydrogen-bond acceptors (Lipinski definition) is 4. The molecule has 0 aliphatic rings. The molecule has 0 saturated carbocycles. The van der Waals surface area contributed by atoms with Crippen molar-refractivity contribution in [3.05, 3.63) is 42.5 Å². The quantitative estimate of drug-likeness (QED) is 0.418. The van der Waals surface area contributed by atoms with Gasteiger partial charge in [0.25, 0.3) is 0 Å². The van der Waals surface area contributed by atoms with E-state index in [1.54, 1.807) is 14.2 Å². The summed E-state index contributed by atoms with van der Waals surface area (Å²) >= 11 is 0. The normalized spacial score (nSPS) is 12.2. The first kappa shape index (κ1) is 16.6. The highest BCUT2D eigenvalue weighted by atomic mass is 28.3. The van der Waals surface area contributed by atoms with Crippen molar-refractivity contribution < 1.29 is 18.4 Å². The molecule has 5 heteroatoms. The predicted molar refractivity (Wildman–Crippen MR) is 81.2 cm³/mol. The van der Waals surface area contributed by atoms with Crippen LogP contribution in [0.25, 0.3) is 0 Å². The average molecular weight is 294 g/mol.